The molecule has 0 saturated heterocycles. The molecule has 1 atom stereocenters. The molecule has 0 saturated carbocycles. The number of nitrogens with two attached hydrogens (primary N) is 1. The number of likely N-dealkylation sites (N-methyl/N-ethyl adjacent to an activating group) is 1. The predicted octanol–water partition coefficient (Wildman–Crippen LogP) is 3.19. The first-order chi connectivity index (χ1) is 8.58. The number of rotatable bonds is 7. The predicted molar refractivity (Wildman–Crippen MR) is 80.0 cm³/mol. The van der Waals surface area contributed by atoms with Crippen LogP contribution in [0.4, 0.5) is 0 Å². The van der Waals surface area contributed by atoms with Crippen LogP contribution in [-0.4, -0.2) is 31.1 Å². The van der Waals surface area contributed by atoms with Crippen LogP contribution in [0.5, 0.6) is 5.75 Å². The third-order valence-corrected chi connectivity index (χ3v) is 3.52. The van der Waals surface area contributed by atoms with Gasteiger partial charge in [-0.1, -0.05) is 35.8 Å². The molecule has 1 rings (SSSR count). The van der Waals surface area contributed by atoms with Crippen LogP contribution in [0, 0.1) is 0 Å². The largest absolute Gasteiger partial charge is 0.492 e. The minimum absolute atomic E-state index is 0.0125. The Labute approximate surface area is 118 Å². The van der Waals surface area contributed by atoms with Crippen LogP contribution < -0.4 is 10.5 Å². The summed E-state index contributed by atoms with van der Waals surface area (Å²) < 4.78 is 6.88. The van der Waals surface area contributed by atoms with E-state index in [1.807, 2.05) is 25.1 Å². The lowest BCUT2D eigenvalue weighted by Gasteiger charge is -2.19. The van der Waals surface area contributed by atoms with Gasteiger partial charge in [0.25, 0.3) is 0 Å². The van der Waals surface area contributed by atoms with Gasteiger partial charge >= 0.3 is 0 Å². The second-order valence-electron chi connectivity index (χ2n) is 4.35. The molecule has 0 aliphatic rings. The first-order valence-corrected chi connectivity index (χ1v) is 7.28. The Morgan fingerprint density at radius 3 is 2.56 bits per heavy atom. The van der Waals surface area contributed by atoms with E-state index in [-0.39, 0.29) is 6.04 Å². The molecule has 0 aliphatic carbocycles. The summed E-state index contributed by atoms with van der Waals surface area (Å²) in [5.41, 5.74) is 7.00. The van der Waals surface area contributed by atoms with E-state index in [1.165, 1.54) is 0 Å². The highest BCUT2D eigenvalue weighted by Crippen LogP contribution is 2.27. The van der Waals surface area contributed by atoms with Crippen LogP contribution in [0.3, 0.4) is 0 Å². The van der Waals surface area contributed by atoms with Crippen LogP contribution >= 0.6 is 15.9 Å². The summed E-state index contributed by atoms with van der Waals surface area (Å²) in [7, 11) is 0. The van der Waals surface area contributed by atoms with Crippen molar-refractivity contribution in [2.24, 2.45) is 5.73 Å². The maximum atomic E-state index is 5.94. The van der Waals surface area contributed by atoms with E-state index in [1.54, 1.807) is 0 Å². The van der Waals surface area contributed by atoms with E-state index in [0.717, 1.165) is 35.4 Å². The van der Waals surface area contributed by atoms with Gasteiger partial charge in [-0.25, -0.2) is 0 Å². The zero-order valence-corrected chi connectivity index (χ0v) is 13.0. The average Bonchev–Trinajstić information content (AvgIpc) is 2.34. The lowest BCUT2D eigenvalue weighted by atomic mass is 10.1. The van der Waals surface area contributed by atoms with Gasteiger partial charge in [-0.2, -0.15) is 0 Å². The molecule has 0 radical (unpaired) electrons. The van der Waals surface area contributed by atoms with Crippen LogP contribution in [0.1, 0.15) is 32.4 Å². The van der Waals surface area contributed by atoms with Crippen molar-refractivity contribution < 1.29 is 4.74 Å². The van der Waals surface area contributed by atoms with Crippen LogP contribution in [0.15, 0.2) is 22.7 Å². The second kappa shape index (κ2) is 7.77. The number of hydrogen-bond donors (Lipinski definition) is 1. The van der Waals surface area contributed by atoms with E-state index >= 15 is 0 Å². The summed E-state index contributed by atoms with van der Waals surface area (Å²) in [4.78, 5) is 2.34. The van der Waals surface area contributed by atoms with Gasteiger partial charge in [-0.05, 0) is 32.1 Å². The summed E-state index contributed by atoms with van der Waals surface area (Å²) >= 11 is 3.46. The van der Waals surface area contributed by atoms with Crippen molar-refractivity contribution in [1.82, 2.24) is 4.90 Å². The molecule has 2 N–H and O–H groups in total. The van der Waals surface area contributed by atoms with Crippen molar-refractivity contribution >= 4 is 15.9 Å². The zero-order valence-electron chi connectivity index (χ0n) is 11.4. The normalized spacial score (nSPS) is 12.8. The Hall–Kier alpha value is -0.580. The molecule has 0 spiro atoms. The van der Waals surface area contributed by atoms with Crippen molar-refractivity contribution in [3.8, 4) is 5.75 Å². The number of halogens is 1. The Kier molecular flexibility index (Phi) is 6.68. The van der Waals surface area contributed by atoms with Crippen molar-refractivity contribution in [3.63, 3.8) is 0 Å². The molecule has 0 unspecified atom stereocenters. The number of hydrogen-bond acceptors (Lipinski definition) is 3. The van der Waals surface area contributed by atoms with Gasteiger partial charge in [-0.3, -0.25) is 0 Å². The van der Waals surface area contributed by atoms with Crippen LogP contribution in [0.2, 0.25) is 0 Å². The van der Waals surface area contributed by atoms with Crippen LogP contribution in [-0.2, 0) is 0 Å². The number of ether oxygens (including phenoxy) is 1. The summed E-state index contributed by atoms with van der Waals surface area (Å²) in [6, 6.07) is 5.99. The van der Waals surface area contributed by atoms with Gasteiger partial charge < -0.3 is 15.4 Å². The highest BCUT2D eigenvalue weighted by atomic mass is 79.9. The fourth-order valence-corrected chi connectivity index (χ4v) is 2.17. The molecule has 4 heteroatoms. The monoisotopic (exact) mass is 314 g/mol. The second-order valence-corrected chi connectivity index (χ2v) is 5.26. The summed E-state index contributed by atoms with van der Waals surface area (Å²) in [5.74, 6) is 0.881. The number of benzene rings is 1. The smallest absolute Gasteiger partial charge is 0.125 e. The molecule has 0 heterocycles. The van der Waals surface area contributed by atoms with E-state index < -0.39 is 0 Å². The van der Waals surface area contributed by atoms with Crippen molar-refractivity contribution in [2.75, 3.05) is 26.2 Å². The first kappa shape index (κ1) is 15.5. The lowest BCUT2D eigenvalue weighted by Crippen LogP contribution is -2.28. The maximum absolute atomic E-state index is 5.94. The first-order valence-electron chi connectivity index (χ1n) is 6.48. The Balaban J connectivity index is 2.63. The zero-order chi connectivity index (χ0) is 13.5. The fraction of sp³-hybridized carbons (Fsp3) is 0.571. The summed E-state index contributed by atoms with van der Waals surface area (Å²) in [6.07, 6.45) is 0. The fourth-order valence-electron chi connectivity index (χ4n) is 1.83. The molecule has 102 valence electrons. The van der Waals surface area contributed by atoms with Gasteiger partial charge in [0.05, 0.1) is 0 Å². The molecular weight excluding hydrogens is 292 g/mol. The molecule has 0 amide bonds. The Morgan fingerprint density at radius 1 is 1.33 bits per heavy atom. The highest BCUT2D eigenvalue weighted by molar-refractivity contribution is 9.10. The van der Waals surface area contributed by atoms with Gasteiger partial charge in [0.1, 0.15) is 12.4 Å². The van der Waals surface area contributed by atoms with Gasteiger partial charge in [0.15, 0.2) is 0 Å². The van der Waals surface area contributed by atoms with Gasteiger partial charge in [0.2, 0.25) is 0 Å². The van der Waals surface area contributed by atoms with Crippen LogP contribution in [0.25, 0.3) is 0 Å². The molecule has 1 aromatic rings. The number of nitrogens with zero attached hydrogens (tertiary/aromatic N) is 1. The quantitative estimate of drug-likeness (QED) is 0.840. The Morgan fingerprint density at radius 2 is 2.00 bits per heavy atom. The third-order valence-electron chi connectivity index (χ3n) is 3.03. The van der Waals surface area contributed by atoms with Crippen molar-refractivity contribution in [3.05, 3.63) is 28.2 Å². The minimum Gasteiger partial charge on any atom is -0.492 e. The van der Waals surface area contributed by atoms with Crippen molar-refractivity contribution in [2.45, 2.75) is 26.8 Å². The molecule has 0 fully saturated rings. The van der Waals surface area contributed by atoms with E-state index in [4.69, 9.17) is 10.5 Å². The molecule has 3 nitrogen and oxygen atoms in total. The standard InChI is InChI=1S/C14H23BrN2O/c1-4-17(5-2)8-9-18-14-10-12(15)6-7-13(14)11(3)16/h6-7,10-11H,4-5,8-9,16H2,1-3H3/t11-/m0/s1. The topological polar surface area (TPSA) is 38.5 Å². The molecule has 1 aromatic carbocycles. The SMILES string of the molecule is CCN(CC)CCOc1cc(Br)ccc1[C@H](C)N. The minimum atomic E-state index is -0.0125. The molecular formula is C14H23BrN2O. The molecule has 0 bridgehead atoms. The van der Waals surface area contributed by atoms with E-state index in [9.17, 15) is 0 Å². The maximum Gasteiger partial charge on any atom is 0.125 e. The molecule has 0 aliphatic heterocycles. The highest BCUT2D eigenvalue weighted by Gasteiger charge is 2.09. The van der Waals surface area contributed by atoms with Crippen molar-refractivity contribution in [1.29, 1.82) is 0 Å². The van der Waals surface area contributed by atoms with Gasteiger partial charge in [0, 0.05) is 22.6 Å². The Bertz CT molecular complexity index is 365. The van der Waals surface area contributed by atoms with Gasteiger partial charge in [-0.15, -0.1) is 0 Å². The third kappa shape index (κ3) is 4.59. The van der Waals surface area contributed by atoms with E-state index in [0.29, 0.717) is 6.61 Å². The van der Waals surface area contributed by atoms with E-state index in [2.05, 4.69) is 34.7 Å². The lowest BCUT2D eigenvalue weighted by molar-refractivity contribution is 0.221. The molecule has 18 heavy (non-hydrogen) atoms. The summed E-state index contributed by atoms with van der Waals surface area (Å²) in [6.45, 7) is 10.0. The average molecular weight is 315 g/mol. The summed E-state index contributed by atoms with van der Waals surface area (Å²) in [5, 5.41) is 0. The molecule has 0 aromatic heterocycles.